The Labute approximate surface area is 176 Å². The Morgan fingerprint density at radius 3 is 2.90 bits per heavy atom. The van der Waals surface area contributed by atoms with E-state index in [-0.39, 0.29) is 12.0 Å². The van der Waals surface area contributed by atoms with Crippen LogP contribution in [0, 0.1) is 6.92 Å². The van der Waals surface area contributed by atoms with Gasteiger partial charge in [0.1, 0.15) is 11.6 Å². The van der Waals surface area contributed by atoms with Gasteiger partial charge in [-0.1, -0.05) is 6.07 Å². The number of carbonyl (C=O) groups is 1. The molecule has 1 fully saturated rings. The summed E-state index contributed by atoms with van der Waals surface area (Å²) in [5, 5.41) is 3.87. The summed E-state index contributed by atoms with van der Waals surface area (Å²) in [6.45, 7) is 6.71. The van der Waals surface area contributed by atoms with Crippen LogP contribution in [0.5, 0.6) is 5.75 Å². The van der Waals surface area contributed by atoms with Crippen molar-refractivity contribution in [2.24, 2.45) is 0 Å². The molecular formula is C23H26N4O3. The molecule has 156 valence electrons. The fourth-order valence-electron chi connectivity index (χ4n) is 3.61. The minimum atomic E-state index is -0.149. The van der Waals surface area contributed by atoms with Crippen molar-refractivity contribution in [1.82, 2.24) is 15.3 Å². The zero-order valence-corrected chi connectivity index (χ0v) is 17.5. The summed E-state index contributed by atoms with van der Waals surface area (Å²) in [7, 11) is 1.62. The molecule has 7 heteroatoms. The van der Waals surface area contributed by atoms with Crippen molar-refractivity contribution in [1.29, 1.82) is 0 Å². The van der Waals surface area contributed by atoms with Gasteiger partial charge in [-0.25, -0.2) is 4.98 Å². The van der Waals surface area contributed by atoms with Crippen molar-refractivity contribution in [3.63, 3.8) is 0 Å². The summed E-state index contributed by atoms with van der Waals surface area (Å²) < 4.78 is 10.8. The van der Waals surface area contributed by atoms with Crippen molar-refractivity contribution in [2.75, 3.05) is 31.7 Å². The zero-order chi connectivity index (χ0) is 21.1. The molecule has 1 saturated heterocycles. The molecule has 3 heterocycles. The van der Waals surface area contributed by atoms with Gasteiger partial charge < -0.3 is 19.7 Å². The van der Waals surface area contributed by atoms with Gasteiger partial charge >= 0.3 is 0 Å². The summed E-state index contributed by atoms with van der Waals surface area (Å²) in [6, 6.07) is 11.5. The van der Waals surface area contributed by atoms with Crippen LogP contribution < -0.4 is 15.0 Å². The minimum Gasteiger partial charge on any atom is -0.497 e. The number of morpholine rings is 1. The molecule has 0 bridgehead atoms. The Morgan fingerprint density at radius 1 is 1.30 bits per heavy atom. The maximum atomic E-state index is 12.7. The number of benzene rings is 1. The van der Waals surface area contributed by atoms with E-state index in [1.807, 2.05) is 49.5 Å². The molecule has 1 atom stereocenters. The number of amides is 1. The summed E-state index contributed by atoms with van der Waals surface area (Å²) in [5.41, 5.74) is 3.01. The average Bonchev–Trinajstić information content (AvgIpc) is 2.77. The van der Waals surface area contributed by atoms with Gasteiger partial charge in [0, 0.05) is 37.3 Å². The zero-order valence-electron chi connectivity index (χ0n) is 17.5. The van der Waals surface area contributed by atoms with Crippen LogP contribution in [0.25, 0.3) is 10.9 Å². The fourth-order valence-corrected chi connectivity index (χ4v) is 3.61. The van der Waals surface area contributed by atoms with Crippen LogP contribution in [0.3, 0.4) is 0 Å². The molecule has 1 aromatic carbocycles. The molecule has 30 heavy (non-hydrogen) atoms. The van der Waals surface area contributed by atoms with Crippen molar-refractivity contribution < 1.29 is 14.3 Å². The van der Waals surface area contributed by atoms with Gasteiger partial charge in [0.2, 0.25) is 0 Å². The fraction of sp³-hybridized carbons (Fsp3) is 0.348. The van der Waals surface area contributed by atoms with Gasteiger partial charge in [-0.2, -0.15) is 0 Å². The van der Waals surface area contributed by atoms with E-state index < -0.39 is 0 Å². The molecule has 1 unspecified atom stereocenters. The molecule has 3 aromatic rings. The van der Waals surface area contributed by atoms with Gasteiger partial charge in [-0.15, -0.1) is 0 Å². The smallest absolute Gasteiger partial charge is 0.253 e. The Balaban J connectivity index is 1.42. The van der Waals surface area contributed by atoms with Crippen LogP contribution >= 0.6 is 0 Å². The van der Waals surface area contributed by atoms with E-state index in [2.05, 4.69) is 27.1 Å². The van der Waals surface area contributed by atoms with Gasteiger partial charge in [-0.3, -0.25) is 9.78 Å². The highest BCUT2D eigenvalue weighted by atomic mass is 16.5. The number of anilines is 1. The first-order valence-electron chi connectivity index (χ1n) is 10.1. The Morgan fingerprint density at radius 2 is 2.17 bits per heavy atom. The third-order valence-electron chi connectivity index (χ3n) is 5.29. The predicted molar refractivity (Wildman–Crippen MR) is 116 cm³/mol. The molecule has 7 nitrogen and oxygen atoms in total. The largest absolute Gasteiger partial charge is 0.497 e. The number of aryl methyl sites for hydroxylation is 1. The third-order valence-corrected chi connectivity index (χ3v) is 5.29. The molecule has 0 saturated carbocycles. The molecule has 1 aliphatic rings. The highest BCUT2D eigenvalue weighted by molar-refractivity contribution is 5.98. The first kappa shape index (κ1) is 20.1. The lowest BCUT2D eigenvalue weighted by Gasteiger charge is -2.32. The van der Waals surface area contributed by atoms with Crippen LogP contribution in [-0.4, -0.2) is 48.8 Å². The second kappa shape index (κ2) is 8.67. The van der Waals surface area contributed by atoms with Crippen molar-refractivity contribution in [3.8, 4) is 5.75 Å². The first-order valence-corrected chi connectivity index (χ1v) is 10.1. The third kappa shape index (κ3) is 4.36. The van der Waals surface area contributed by atoms with E-state index in [4.69, 9.17) is 9.47 Å². The number of nitrogens with one attached hydrogen (secondary N) is 1. The number of rotatable bonds is 5. The van der Waals surface area contributed by atoms with Gasteiger partial charge in [0.05, 0.1) is 36.6 Å². The summed E-state index contributed by atoms with van der Waals surface area (Å²) >= 11 is 0. The second-order valence-corrected chi connectivity index (χ2v) is 7.51. The van der Waals surface area contributed by atoms with Crippen LogP contribution in [0.4, 0.5) is 5.82 Å². The molecule has 4 rings (SSSR count). The van der Waals surface area contributed by atoms with Crippen LogP contribution in [0.15, 0.2) is 42.6 Å². The van der Waals surface area contributed by atoms with Crippen molar-refractivity contribution >= 4 is 22.6 Å². The number of hydrogen-bond donors (Lipinski definition) is 1. The highest BCUT2D eigenvalue weighted by Crippen LogP contribution is 2.22. The van der Waals surface area contributed by atoms with E-state index in [9.17, 15) is 4.79 Å². The van der Waals surface area contributed by atoms with Crippen molar-refractivity contribution in [3.05, 3.63) is 59.4 Å². The predicted octanol–water partition coefficient (Wildman–Crippen LogP) is 3.10. The number of ether oxygens (including phenoxy) is 2. The summed E-state index contributed by atoms with van der Waals surface area (Å²) in [4.78, 5) is 24.1. The lowest BCUT2D eigenvalue weighted by Crippen LogP contribution is -2.41. The maximum absolute atomic E-state index is 12.7. The van der Waals surface area contributed by atoms with E-state index in [1.54, 1.807) is 7.11 Å². The van der Waals surface area contributed by atoms with Gasteiger partial charge in [-0.05, 0) is 43.7 Å². The Kier molecular flexibility index (Phi) is 5.81. The standard InChI is InChI=1S/C23H26N4O3/c1-15-14-27(8-9-30-15)22-7-4-17(12-24-22)13-25-23(28)20-10-18-5-6-19(29-3)11-21(18)26-16(20)2/h4-7,10-12,15H,8-9,13-14H2,1-3H3,(H,25,28). The van der Waals surface area contributed by atoms with Crippen LogP contribution in [0.1, 0.15) is 28.5 Å². The molecule has 0 aliphatic carbocycles. The SMILES string of the molecule is COc1ccc2cc(C(=O)NCc3ccc(N4CCOC(C)C4)nc3)c(C)nc2c1. The molecule has 1 N–H and O–H groups in total. The Hall–Kier alpha value is -3.19. The van der Waals surface area contributed by atoms with Gasteiger partial charge in [0.15, 0.2) is 0 Å². The molecule has 0 spiro atoms. The molecule has 1 aliphatic heterocycles. The van der Waals surface area contributed by atoms with E-state index in [1.165, 1.54) is 0 Å². The van der Waals surface area contributed by atoms with Crippen molar-refractivity contribution in [2.45, 2.75) is 26.5 Å². The van der Waals surface area contributed by atoms with Gasteiger partial charge in [0.25, 0.3) is 5.91 Å². The lowest BCUT2D eigenvalue weighted by atomic mass is 10.1. The number of aromatic nitrogens is 2. The van der Waals surface area contributed by atoms with E-state index in [0.29, 0.717) is 24.4 Å². The van der Waals surface area contributed by atoms with E-state index >= 15 is 0 Å². The molecule has 2 aromatic heterocycles. The number of carbonyl (C=O) groups excluding carboxylic acids is 1. The van der Waals surface area contributed by atoms with Crippen LogP contribution in [-0.2, 0) is 11.3 Å². The molecular weight excluding hydrogens is 380 g/mol. The lowest BCUT2D eigenvalue weighted by molar-refractivity contribution is 0.0529. The Bertz CT molecular complexity index is 1050. The first-order chi connectivity index (χ1) is 14.5. The number of methoxy groups -OCH3 is 1. The normalized spacial score (nSPS) is 16.5. The minimum absolute atomic E-state index is 0.149. The number of nitrogens with zero attached hydrogens (tertiary/aromatic N) is 3. The highest BCUT2D eigenvalue weighted by Gasteiger charge is 2.18. The maximum Gasteiger partial charge on any atom is 0.253 e. The summed E-state index contributed by atoms with van der Waals surface area (Å²) in [6.07, 6.45) is 2.02. The molecule has 0 radical (unpaired) electrons. The topological polar surface area (TPSA) is 76.6 Å². The second-order valence-electron chi connectivity index (χ2n) is 7.51. The number of hydrogen-bond acceptors (Lipinski definition) is 6. The molecule has 1 amide bonds. The number of fused-ring (bicyclic) bond motifs is 1. The average molecular weight is 406 g/mol. The summed E-state index contributed by atoms with van der Waals surface area (Å²) in [5.74, 6) is 1.53. The van der Waals surface area contributed by atoms with E-state index in [0.717, 1.165) is 41.1 Å². The van der Waals surface area contributed by atoms with Crippen LogP contribution in [0.2, 0.25) is 0 Å². The monoisotopic (exact) mass is 406 g/mol. The quantitative estimate of drug-likeness (QED) is 0.702. The number of pyridine rings is 2.